The van der Waals surface area contributed by atoms with E-state index in [2.05, 4.69) is 0 Å². The molecule has 0 aliphatic rings. The summed E-state index contributed by atoms with van der Waals surface area (Å²) in [6, 6.07) is 14.0. The fourth-order valence-corrected chi connectivity index (χ4v) is 2.23. The third-order valence-electron chi connectivity index (χ3n) is 3.30. The number of hydrogen-bond donors (Lipinski definition) is 3. The predicted octanol–water partition coefficient (Wildman–Crippen LogP) is 1.15. The number of ketones is 1. The van der Waals surface area contributed by atoms with E-state index < -0.39 is 17.4 Å². The van der Waals surface area contributed by atoms with E-state index in [4.69, 9.17) is 5.73 Å². The van der Waals surface area contributed by atoms with Crippen molar-refractivity contribution in [3.05, 3.63) is 71.3 Å². The van der Waals surface area contributed by atoms with Crippen LogP contribution in [0.3, 0.4) is 0 Å². The number of hydrogen-bond acceptors (Lipinski definition) is 4. The maximum Gasteiger partial charge on any atom is 0.345 e. The summed E-state index contributed by atoms with van der Waals surface area (Å²) >= 11 is 0. The van der Waals surface area contributed by atoms with Crippen LogP contribution in [0.1, 0.15) is 21.5 Å². The highest BCUT2D eigenvalue weighted by molar-refractivity contribution is 6.01. The van der Waals surface area contributed by atoms with Gasteiger partial charge in [0.25, 0.3) is 0 Å². The highest BCUT2D eigenvalue weighted by atomic mass is 16.4. The molecule has 5 nitrogen and oxygen atoms in total. The number of carboxylic acid groups (broad SMARTS) is 1. The minimum absolute atomic E-state index is 0.0131. The molecule has 1 atom stereocenters. The molecule has 4 N–H and O–H groups in total. The Morgan fingerprint density at radius 3 is 2.14 bits per heavy atom. The maximum absolute atomic E-state index is 11.9. The first kappa shape index (κ1) is 14.9. The third kappa shape index (κ3) is 2.56. The quantitative estimate of drug-likeness (QED) is 0.715. The Kier molecular flexibility index (Phi) is 4.16. The number of carbonyl (C=O) groups excluding carboxylic acids is 1. The SMILES string of the molecule is NCC(=O)c1ccccc1C(O)(C(=O)O)c1ccccc1. The van der Waals surface area contributed by atoms with E-state index in [0.717, 1.165) is 0 Å². The van der Waals surface area contributed by atoms with Crippen LogP contribution >= 0.6 is 0 Å². The largest absolute Gasteiger partial charge is 0.479 e. The first-order valence-corrected chi connectivity index (χ1v) is 6.36. The van der Waals surface area contributed by atoms with Gasteiger partial charge in [-0.1, -0.05) is 54.6 Å². The lowest BCUT2D eigenvalue weighted by atomic mass is 9.82. The van der Waals surface area contributed by atoms with E-state index in [-0.39, 0.29) is 23.2 Å². The molecule has 21 heavy (non-hydrogen) atoms. The van der Waals surface area contributed by atoms with Crippen molar-refractivity contribution < 1.29 is 19.8 Å². The molecule has 0 amide bonds. The third-order valence-corrected chi connectivity index (χ3v) is 3.30. The zero-order valence-corrected chi connectivity index (χ0v) is 11.2. The molecule has 5 heteroatoms. The lowest BCUT2D eigenvalue weighted by Crippen LogP contribution is -2.38. The van der Waals surface area contributed by atoms with Gasteiger partial charge in [0, 0.05) is 11.1 Å². The summed E-state index contributed by atoms with van der Waals surface area (Å²) in [4.78, 5) is 23.6. The van der Waals surface area contributed by atoms with Gasteiger partial charge < -0.3 is 15.9 Å². The van der Waals surface area contributed by atoms with Crippen LogP contribution in [0.4, 0.5) is 0 Å². The zero-order valence-electron chi connectivity index (χ0n) is 11.2. The fraction of sp³-hybridized carbons (Fsp3) is 0.125. The van der Waals surface area contributed by atoms with Crippen LogP contribution in [0, 0.1) is 0 Å². The predicted molar refractivity (Wildman–Crippen MR) is 76.9 cm³/mol. The van der Waals surface area contributed by atoms with Gasteiger partial charge in [0.1, 0.15) is 0 Å². The molecule has 0 saturated carbocycles. The van der Waals surface area contributed by atoms with Crippen molar-refractivity contribution in [1.29, 1.82) is 0 Å². The number of rotatable bonds is 5. The Balaban J connectivity index is 2.71. The molecule has 0 fully saturated rings. The zero-order chi connectivity index (χ0) is 15.5. The monoisotopic (exact) mass is 285 g/mol. The summed E-state index contributed by atoms with van der Waals surface area (Å²) in [6.45, 7) is -0.262. The van der Waals surface area contributed by atoms with E-state index in [0.29, 0.717) is 0 Å². The van der Waals surface area contributed by atoms with Crippen molar-refractivity contribution in [2.45, 2.75) is 5.60 Å². The number of Topliss-reactive ketones (excluding diaryl/α,β-unsaturated/α-hetero) is 1. The summed E-state index contributed by atoms with van der Waals surface area (Å²) in [5, 5.41) is 20.3. The normalized spacial score (nSPS) is 13.4. The van der Waals surface area contributed by atoms with Crippen molar-refractivity contribution in [2.75, 3.05) is 6.54 Å². The molecule has 0 saturated heterocycles. The molecule has 2 aromatic carbocycles. The van der Waals surface area contributed by atoms with E-state index in [1.54, 1.807) is 30.3 Å². The Bertz CT molecular complexity index is 669. The Morgan fingerprint density at radius 2 is 1.57 bits per heavy atom. The van der Waals surface area contributed by atoms with Crippen LogP contribution in [0.15, 0.2) is 54.6 Å². The number of nitrogens with two attached hydrogens (primary N) is 1. The standard InChI is InChI=1S/C16H15NO4/c17-10-14(18)12-8-4-5-9-13(12)16(21,15(19)20)11-6-2-1-3-7-11/h1-9,21H,10,17H2,(H,19,20). The highest BCUT2D eigenvalue weighted by Gasteiger charge is 2.42. The molecule has 0 bridgehead atoms. The Labute approximate surface area is 121 Å². The van der Waals surface area contributed by atoms with Crippen LogP contribution in [-0.4, -0.2) is 28.5 Å². The molecule has 2 aromatic rings. The van der Waals surface area contributed by atoms with Gasteiger partial charge in [0.2, 0.25) is 5.60 Å². The Hall–Kier alpha value is -2.50. The molecule has 0 spiro atoms. The summed E-state index contributed by atoms with van der Waals surface area (Å²) in [5.41, 5.74) is 3.34. The average molecular weight is 285 g/mol. The summed E-state index contributed by atoms with van der Waals surface area (Å²) < 4.78 is 0. The minimum Gasteiger partial charge on any atom is -0.479 e. The number of benzene rings is 2. The summed E-state index contributed by atoms with van der Waals surface area (Å²) in [7, 11) is 0. The van der Waals surface area contributed by atoms with Crippen molar-refractivity contribution in [3.8, 4) is 0 Å². The first-order chi connectivity index (χ1) is 10.0. The van der Waals surface area contributed by atoms with Crippen LogP contribution < -0.4 is 5.73 Å². The van der Waals surface area contributed by atoms with E-state index in [9.17, 15) is 19.8 Å². The van der Waals surface area contributed by atoms with Gasteiger partial charge in [-0.2, -0.15) is 0 Å². The molecule has 0 aliphatic carbocycles. The first-order valence-electron chi connectivity index (χ1n) is 6.36. The molecule has 0 aromatic heterocycles. The van der Waals surface area contributed by atoms with Gasteiger partial charge in [0.05, 0.1) is 6.54 Å². The highest BCUT2D eigenvalue weighted by Crippen LogP contribution is 2.32. The van der Waals surface area contributed by atoms with E-state index in [1.165, 1.54) is 24.3 Å². The smallest absolute Gasteiger partial charge is 0.345 e. The molecule has 0 heterocycles. The molecular weight excluding hydrogens is 270 g/mol. The van der Waals surface area contributed by atoms with Gasteiger partial charge in [-0.15, -0.1) is 0 Å². The topological polar surface area (TPSA) is 101 Å². The second-order valence-corrected chi connectivity index (χ2v) is 4.55. The van der Waals surface area contributed by atoms with Crippen LogP contribution in [-0.2, 0) is 10.4 Å². The number of aliphatic hydroxyl groups is 1. The van der Waals surface area contributed by atoms with Gasteiger partial charge in [-0.05, 0) is 5.56 Å². The van der Waals surface area contributed by atoms with Gasteiger partial charge in [-0.25, -0.2) is 4.79 Å². The van der Waals surface area contributed by atoms with Crippen molar-refractivity contribution in [3.63, 3.8) is 0 Å². The molecule has 0 radical (unpaired) electrons. The van der Waals surface area contributed by atoms with Gasteiger partial charge in [-0.3, -0.25) is 4.79 Å². The molecule has 2 rings (SSSR count). The Morgan fingerprint density at radius 1 is 1.00 bits per heavy atom. The lowest BCUT2D eigenvalue weighted by Gasteiger charge is -2.26. The average Bonchev–Trinajstić information content (AvgIpc) is 2.54. The van der Waals surface area contributed by atoms with Crippen molar-refractivity contribution >= 4 is 11.8 Å². The van der Waals surface area contributed by atoms with E-state index >= 15 is 0 Å². The maximum atomic E-state index is 11.9. The summed E-state index contributed by atoms with van der Waals surface area (Å²) in [6.07, 6.45) is 0. The van der Waals surface area contributed by atoms with Gasteiger partial charge in [0.15, 0.2) is 5.78 Å². The molecule has 0 aliphatic heterocycles. The number of carboxylic acids is 1. The summed E-state index contributed by atoms with van der Waals surface area (Å²) in [5.74, 6) is -1.88. The van der Waals surface area contributed by atoms with Crippen molar-refractivity contribution in [2.24, 2.45) is 5.73 Å². The fourth-order valence-electron chi connectivity index (χ4n) is 2.23. The number of carbonyl (C=O) groups is 2. The van der Waals surface area contributed by atoms with Crippen LogP contribution in [0.25, 0.3) is 0 Å². The van der Waals surface area contributed by atoms with Crippen LogP contribution in [0.2, 0.25) is 0 Å². The second-order valence-electron chi connectivity index (χ2n) is 4.55. The minimum atomic E-state index is -2.30. The number of aliphatic carboxylic acids is 1. The molecule has 1 unspecified atom stereocenters. The van der Waals surface area contributed by atoms with Crippen molar-refractivity contribution in [1.82, 2.24) is 0 Å². The van der Waals surface area contributed by atoms with Gasteiger partial charge >= 0.3 is 5.97 Å². The lowest BCUT2D eigenvalue weighted by molar-refractivity contribution is -0.155. The molecular formula is C16H15NO4. The van der Waals surface area contributed by atoms with E-state index in [1.807, 2.05) is 0 Å². The second kappa shape index (κ2) is 5.87. The van der Waals surface area contributed by atoms with Crippen LogP contribution in [0.5, 0.6) is 0 Å². The molecule has 108 valence electrons.